The SMILES string of the molecule is O=C(NC(CC(=O)N1CCSC1=NCCc1ccccc1)c1ccccc1)c1ccccc1Cl. The smallest absolute Gasteiger partial charge is 0.253 e. The Morgan fingerprint density at radius 2 is 1.65 bits per heavy atom. The maximum Gasteiger partial charge on any atom is 0.253 e. The molecule has 2 amide bonds. The van der Waals surface area contributed by atoms with E-state index < -0.39 is 6.04 Å². The summed E-state index contributed by atoms with van der Waals surface area (Å²) in [5.74, 6) is 0.453. The van der Waals surface area contributed by atoms with Crippen LogP contribution < -0.4 is 5.32 Å². The predicted molar refractivity (Wildman–Crippen MR) is 139 cm³/mol. The third-order valence-corrected chi connectivity index (χ3v) is 6.90. The maximum atomic E-state index is 13.3. The molecule has 1 N–H and O–H groups in total. The van der Waals surface area contributed by atoms with Crippen LogP contribution in [-0.4, -0.2) is 40.7 Å². The summed E-state index contributed by atoms with van der Waals surface area (Å²) in [5, 5.41) is 4.14. The molecule has 0 aromatic heterocycles. The van der Waals surface area contributed by atoms with Crippen molar-refractivity contribution in [2.75, 3.05) is 18.8 Å². The highest BCUT2D eigenvalue weighted by molar-refractivity contribution is 8.14. The molecule has 7 heteroatoms. The lowest BCUT2D eigenvalue weighted by Gasteiger charge is -2.23. The molecule has 1 aliphatic rings. The predicted octanol–water partition coefficient (Wildman–Crippen LogP) is 5.38. The monoisotopic (exact) mass is 491 g/mol. The molecule has 1 aliphatic heterocycles. The van der Waals surface area contributed by atoms with Crippen molar-refractivity contribution in [3.8, 4) is 0 Å². The zero-order valence-electron chi connectivity index (χ0n) is 18.7. The van der Waals surface area contributed by atoms with Gasteiger partial charge in [-0.1, -0.05) is 96.2 Å². The highest BCUT2D eigenvalue weighted by Gasteiger charge is 2.29. The van der Waals surface area contributed by atoms with Gasteiger partial charge < -0.3 is 5.32 Å². The number of aliphatic imine (C=N–C) groups is 1. The number of thioether (sulfide) groups is 1. The number of carbonyl (C=O) groups is 2. The molecule has 4 rings (SSSR count). The standard InChI is InChI=1S/C27H26ClN3O2S/c28-23-14-8-7-13-22(23)26(33)30-24(21-11-5-2-6-12-21)19-25(32)31-17-18-34-27(31)29-16-15-20-9-3-1-4-10-20/h1-14,24H,15-19H2,(H,30,33). The number of nitrogens with one attached hydrogen (secondary N) is 1. The Morgan fingerprint density at radius 3 is 2.38 bits per heavy atom. The first-order valence-electron chi connectivity index (χ1n) is 11.2. The van der Waals surface area contributed by atoms with Crippen LogP contribution in [0, 0.1) is 0 Å². The van der Waals surface area contributed by atoms with E-state index in [-0.39, 0.29) is 18.2 Å². The van der Waals surface area contributed by atoms with Crippen LogP contribution in [0.15, 0.2) is 89.9 Å². The number of amidine groups is 1. The fraction of sp³-hybridized carbons (Fsp3) is 0.222. The Hall–Kier alpha value is -3.09. The van der Waals surface area contributed by atoms with Crippen LogP contribution in [0.3, 0.4) is 0 Å². The Morgan fingerprint density at radius 1 is 0.971 bits per heavy atom. The van der Waals surface area contributed by atoms with Crippen LogP contribution in [0.1, 0.15) is 33.9 Å². The van der Waals surface area contributed by atoms with Crippen LogP contribution in [0.5, 0.6) is 0 Å². The number of halogens is 1. The quantitative estimate of drug-likeness (QED) is 0.460. The maximum absolute atomic E-state index is 13.3. The summed E-state index contributed by atoms with van der Waals surface area (Å²) in [4.78, 5) is 32.7. The van der Waals surface area contributed by atoms with Crippen molar-refractivity contribution in [3.05, 3.63) is 107 Å². The average molecular weight is 492 g/mol. The molecule has 5 nitrogen and oxygen atoms in total. The fourth-order valence-electron chi connectivity index (χ4n) is 3.79. The lowest BCUT2D eigenvalue weighted by molar-refractivity contribution is -0.127. The number of hydrogen-bond acceptors (Lipinski definition) is 4. The van der Waals surface area contributed by atoms with Crippen LogP contribution in [0.25, 0.3) is 0 Å². The van der Waals surface area contributed by atoms with Gasteiger partial charge in [0.15, 0.2) is 5.17 Å². The van der Waals surface area contributed by atoms with Gasteiger partial charge in [-0.25, -0.2) is 0 Å². The summed E-state index contributed by atoms with van der Waals surface area (Å²) in [5.41, 5.74) is 2.47. The summed E-state index contributed by atoms with van der Waals surface area (Å²) in [6.45, 7) is 1.25. The van der Waals surface area contributed by atoms with E-state index in [1.807, 2.05) is 48.5 Å². The summed E-state index contributed by atoms with van der Waals surface area (Å²) in [6, 6.07) is 26.2. The second kappa shape index (κ2) is 11.9. The van der Waals surface area contributed by atoms with Gasteiger partial charge in [-0.15, -0.1) is 0 Å². The van der Waals surface area contributed by atoms with E-state index in [9.17, 15) is 9.59 Å². The summed E-state index contributed by atoms with van der Waals surface area (Å²) in [7, 11) is 0. The molecule has 3 aromatic rings. The molecule has 0 saturated carbocycles. The number of carbonyl (C=O) groups excluding carboxylic acids is 2. The molecular weight excluding hydrogens is 466 g/mol. The first-order valence-corrected chi connectivity index (χ1v) is 12.6. The number of benzene rings is 3. The minimum Gasteiger partial charge on any atom is -0.345 e. The molecule has 1 fully saturated rings. The van der Waals surface area contributed by atoms with E-state index in [0.29, 0.717) is 23.7 Å². The van der Waals surface area contributed by atoms with Crippen molar-refractivity contribution >= 4 is 40.3 Å². The average Bonchev–Trinajstić information content (AvgIpc) is 3.34. The summed E-state index contributed by atoms with van der Waals surface area (Å²) < 4.78 is 0. The Balaban J connectivity index is 1.46. The van der Waals surface area contributed by atoms with E-state index in [2.05, 4.69) is 17.4 Å². The largest absolute Gasteiger partial charge is 0.345 e. The normalized spacial score (nSPS) is 15.3. The molecule has 3 aromatic carbocycles. The van der Waals surface area contributed by atoms with Crippen LogP contribution >= 0.6 is 23.4 Å². The topological polar surface area (TPSA) is 61.8 Å². The van der Waals surface area contributed by atoms with Crippen molar-refractivity contribution in [2.45, 2.75) is 18.9 Å². The first-order chi connectivity index (χ1) is 16.6. The van der Waals surface area contributed by atoms with Gasteiger partial charge in [0.25, 0.3) is 5.91 Å². The van der Waals surface area contributed by atoms with Gasteiger partial charge in [0.2, 0.25) is 5.91 Å². The molecular formula is C27H26ClN3O2S. The molecule has 0 bridgehead atoms. The summed E-state index contributed by atoms with van der Waals surface area (Å²) >= 11 is 7.82. The second-order valence-electron chi connectivity index (χ2n) is 7.91. The van der Waals surface area contributed by atoms with Crippen molar-refractivity contribution in [3.63, 3.8) is 0 Å². The minimum absolute atomic E-state index is 0.0585. The molecule has 1 saturated heterocycles. The highest BCUT2D eigenvalue weighted by Crippen LogP contribution is 2.24. The van der Waals surface area contributed by atoms with Crippen LogP contribution in [0.2, 0.25) is 5.02 Å². The van der Waals surface area contributed by atoms with Gasteiger partial charge in [-0.3, -0.25) is 19.5 Å². The number of hydrogen-bond donors (Lipinski definition) is 1. The van der Waals surface area contributed by atoms with E-state index in [1.54, 1.807) is 40.9 Å². The third-order valence-electron chi connectivity index (χ3n) is 5.57. The van der Waals surface area contributed by atoms with Crippen molar-refractivity contribution in [2.24, 2.45) is 4.99 Å². The van der Waals surface area contributed by atoms with E-state index in [4.69, 9.17) is 16.6 Å². The molecule has 1 atom stereocenters. The molecule has 0 spiro atoms. The number of nitrogens with zero attached hydrogens (tertiary/aromatic N) is 2. The Kier molecular flexibility index (Phi) is 8.39. The van der Waals surface area contributed by atoms with Crippen LogP contribution in [-0.2, 0) is 11.2 Å². The molecule has 0 aliphatic carbocycles. The lowest BCUT2D eigenvalue weighted by Crippen LogP contribution is -2.37. The number of rotatable bonds is 8. The molecule has 174 valence electrons. The highest BCUT2D eigenvalue weighted by atomic mass is 35.5. The van der Waals surface area contributed by atoms with Crippen molar-refractivity contribution in [1.29, 1.82) is 0 Å². The molecule has 34 heavy (non-hydrogen) atoms. The van der Waals surface area contributed by atoms with Gasteiger partial charge in [0.1, 0.15) is 0 Å². The van der Waals surface area contributed by atoms with Crippen LogP contribution in [0.4, 0.5) is 0 Å². The molecule has 1 unspecified atom stereocenters. The van der Waals surface area contributed by atoms with Gasteiger partial charge in [0.05, 0.1) is 23.0 Å². The lowest BCUT2D eigenvalue weighted by atomic mass is 10.0. The Labute approximate surface area is 209 Å². The minimum atomic E-state index is -0.478. The zero-order chi connectivity index (χ0) is 23.8. The second-order valence-corrected chi connectivity index (χ2v) is 9.38. The Bertz CT molecular complexity index is 1150. The first kappa shape index (κ1) is 24.0. The number of amides is 2. The van der Waals surface area contributed by atoms with Gasteiger partial charge in [0, 0.05) is 18.8 Å². The molecule has 0 radical (unpaired) electrons. The zero-order valence-corrected chi connectivity index (χ0v) is 20.3. The summed E-state index contributed by atoms with van der Waals surface area (Å²) in [6.07, 6.45) is 0.964. The van der Waals surface area contributed by atoms with Gasteiger partial charge in [-0.2, -0.15) is 0 Å². The fourth-order valence-corrected chi connectivity index (χ4v) is 5.00. The molecule has 1 heterocycles. The van der Waals surface area contributed by atoms with E-state index >= 15 is 0 Å². The van der Waals surface area contributed by atoms with Gasteiger partial charge >= 0.3 is 0 Å². The third kappa shape index (κ3) is 6.27. The van der Waals surface area contributed by atoms with Gasteiger partial charge in [-0.05, 0) is 29.7 Å². The van der Waals surface area contributed by atoms with E-state index in [1.165, 1.54) is 5.56 Å². The van der Waals surface area contributed by atoms with E-state index in [0.717, 1.165) is 22.9 Å². The van der Waals surface area contributed by atoms with Crippen molar-refractivity contribution in [1.82, 2.24) is 10.2 Å². The van der Waals surface area contributed by atoms with Crippen molar-refractivity contribution < 1.29 is 9.59 Å².